The van der Waals surface area contributed by atoms with Gasteiger partial charge in [-0.3, -0.25) is 4.90 Å². The first-order valence-electron chi connectivity index (χ1n) is 6.46. The van der Waals surface area contributed by atoms with Crippen molar-refractivity contribution in [2.75, 3.05) is 20.6 Å². The number of nitrogens with zero attached hydrogens (tertiary/aromatic N) is 1. The van der Waals surface area contributed by atoms with Gasteiger partial charge in [-0.25, -0.2) is 21.9 Å². The molecule has 0 spiro atoms. The summed E-state index contributed by atoms with van der Waals surface area (Å²) in [4.78, 5) is 1.04. The number of hydrogen-bond acceptors (Lipinski definition) is 4. The summed E-state index contributed by atoms with van der Waals surface area (Å²) in [7, 11) is -0.658. The highest BCUT2D eigenvalue weighted by atomic mass is 32.2. The van der Waals surface area contributed by atoms with Crippen molar-refractivity contribution >= 4 is 10.0 Å². The Bertz CT molecular complexity index is 731. The van der Waals surface area contributed by atoms with E-state index < -0.39 is 26.6 Å². The number of furan rings is 1. The molecule has 0 radical (unpaired) electrons. The molecule has 1 aromatic carbocycles. The van der Waals surface area contributed by atoms with Gasteiger partial charge in [-0.15, -0.1) is 0 Å². The fourth-order valence-corrected chi connectivity index (χ4v) is 3.09. The van der Waals surface area contributed by atoms with Gasteiger partial charge in [0.1, 0.15) is 22.3 Å². The molecule has 1 atom stereocenters. The Kier molecular flexibility index (Phi) is 4.94. The molecule has 0 bridgehead atoms. The van der Waals surface area contributed by atoms with Gasteiger partial charge in [-0.2, -0.15) is 0 Å². The second-order valence-electron chi connectivity index (χ2n) is 4.92. The lowest BCUT2D eigenvalue weighted by Gasteiger charge is -2.22. The van der Waals surface area contributed by atoms with Crippen molar-refractivity contribution in [1.82, 2.24) is 9.62 Å². The van der Waals surface area contributed by atoms with Crippen molar-refractivity contribution in [3.63, 3.8) is 0 Å². The first-order chi connectivity index (χ1) is 10.3. The van der Waals surface area contributed by atoms with Crippen molar-refractivity contribution in [3.05, 3.63) is 54.0 Å². The maximum atomic E-state index is 13.6. The van der Waals surface area contributed by atoms with E-state index in [0.717, 1.165) is 12.1 Å². The lowest BCUT2D eigenvalue weighted by Crippen LogP contribution is -2.34. The van der Waals surface area contributed by atoms with Crippen molar-refractivity contribution in [1.29, 1.82) is 0 Å². The van der Waals surface area contributed by atoms with Crippen LogP contribution < -0.4 is 4.72 Å². The number of sulfonamides is 1. The summed E-state index contributed by atoms with van der Waals surface area (Å²) < 4.78 is 58.6. The van der Waals surface area contributed by atoms with Gasteiger partial charge in [0.25, 0.3) is 0 Å². The zero-order valence-electron chi connectivity index (χ0n) is 12.1. The number of benzene rings is 1. The second-order valence-corrected chi connectivity index (χ2v) is 6.66. The second kappa shape index (κ2) is 6.55. The van der Waals surface area contributed by atoms with E-state index in [1.165, 1.54) is 6.26 Å². The average molecular weight is 330 g/mol. The van der Waals surface area contributed by atoms with Crippen molar-refractivity contribution in [2.24, 2.45) is 0 Å². The van der Waals surface area contributed by atoms with Gasteiger partial charge in [0.2, 0.25) is 10.0 Å². The topological polar surface area (TPSA) is 62.6 Å². The first kappa shape index (κ1) is 16.6. The molecule has 0 saturated carbocycles. The van der Waals surface area contributed by atoms with E-state index in [1.807, 2.05) is 0 Å². The fourth-order valence-electron chi connectivity index (χ4n) is 1.97. The molecule has 1 N–H and O–H groups in total. The highest BCUT2D eigenvalue weighted by Crippen LogP contribution is 2.20. The summed E-state index contributed by atoms with van der Waals surface area (Å²) in [6, 6.07) is 5.31. The lowest BCUT2D eigenvalue weighted by atomic mass is 10.2. The average Bonchev–Trinajstić information content (AvgIpc) is 2.95. The highest BCUT2D eigenvalue weighted by Gasteiger charge is 2.24. The van der Waals surface area contributed by atoms with Gasteiger partial charge in [0.15, 0.2) is 0 Å². The molecule has 2 aromatic rings. The standard InChI is InChI=1S/C14H16F2N2O3S/c1-18(2)12(13-4-3-7-21-13)9-17-22(19,20)14-8-10(15)5-6-11(14)16/h3-8,12,17H,9H2,1-2H3. The van der Waals surface area contributed by atoms with Crippen molar-refractivity contribution in [2.45, 2.75) is 10.9 Å². The van der Waals surface area contributed by atoms with Gasteiger partial charge >= 0.3 is 0 Å². The molecule has 5 nitrogen and oxygen atoms in total. The van der Waals surface area contributed by atoms with Gasteiger partial charge in [-0.05, 0) is 44.4 Å². The normalized spacial score (nSPS) is 13.5. The molecular weight excluding hydrogens is 314 g/mol. The molecule has 22 heavy (non-hydrogen) atoms. The number of halogens is 2. The number of rotatable bonds is 6. The van der Waals surface area contributed by atoms with Gasteiger partial charge < -0.3 is 4.42 Å². The lowest BCUT2D eigenvalue weighted by molar-refractivity contribution is 0.259. The van der Waals surface area contributed by atoms with Gasteiger partial charge in [-0.1, -0.05) is 0 Å². The Morgan fingerprint density at radius 2 is 2.00 bits per heavy atom. The predicted molar refractivity (Wildman–Crippen MR) is 76.7 cm³/mol. The summed E-state index contributed by atoms with van der Waals surface area (Å²) in [6.45, 7) is -0.0429. The molecule has 0 saturated heterocycles. The van der Waals surface area contributed by atoms with Crippen molar-refractivity contribution in [3.8, 4) is 0 Å². The van der Waals surface area contributed by atoms with Crippen LogP contribution in [0.5, 0.6) is 0 Å². The van der Waals surface area contributed by atoms with E-state index in [2.05, 4.69) is 4.72 Å². The van der Waals surface area contributed by atoms with Crippen LogP contribution >= 0.6 is 0 Å². The molecule has 1 aromatic heterocycles. The predicted octanol–water partition coefficient (Wildman–Crippen LogP) is 2.14. The molecule has 8 heteroatoms. The Labute approximate surface area is 127 Å². The summed E-state index contributed by atoms with van der Waals surface area (Å²) in [5, 5.41) is 0. The Morgan fingerprint density at radius 1 is 1.27 bits per heavy atom. The van der Waals surface area contributed by atoms with Crippen LogP contribution in [-0.4, -0.2) is 34.0 Å². The Morgan fingerprint density at radius 3 is 2.59 bits per heavy atom. The van der Waals surface area contributed by atoms with Gasteiger partial charge in [0, 0.05) is 6.54 Å². The molecule has 1 heterocycles. The third-order valence-corrected chi connectivity index (χ3v) is 4.58. The maximum absolute atomic E-state index is 13.6. The van der Waals surface area contributed by atoms with Crippen LogP contribution in [0.4, 0.5) is 8.78 Å². The van der Waals surface area contributed by atoms with Crippen LogP contribution in [-0.2, 0) is 10.0 Å². The summed E-state index contributed by atoms with van der Waals surface area (Å²) in [5.41, 5.74) is 0. The highest BCUT2D eigenvalue weighted by molar-refractivity contribution is 7.89. The summed E-state index contributed by atoms with van der Waals surface area (Å²) >= 11 is 0. The van der Waals surface area contributed by atoms with E-state index in [4.69, 9.17) is 4.42 Å². The summed E-state index contributed by atoms with van der Waals surface area (Å²) in [6.07, 6.45) is 1.48. The molecule has 2 rings (SSSR count). The maximum Gasteiger partial charge on any atom is 0.243 e. The third kappa shape index (κ3) is 3.70. The summed E-state index contributed by atoms with van der Waals surface area (Å²) in [5.74, 6) is -1.27. The number of likely N-dealkylation sites (N-methyl/N-ethyl adjacent to an activating group) is 1. The smallest absolute Gasteiger partial charge is 0.243 e. The van der Waals surface area contributed by atoms with Crippen molar-refractivity contribution < 1.29 is 21.6 Å². The van der Waals surface area contributed by atoms with Crippen LogP contribution in [0.2, 0.25) is 0 Å². The molecule has 120 valence electrons. The molecule has 1 unspecified atom stereocenters. The quantitative estimate of drug-likeness (QED) is 0.881. The van der Waals surface area contributed by atoms with Crippen LogP contribution in [0.3, 0.4) is 0 Å². The molecule has 0 aliphatic heterocycles. The van der Waals surface area contributed by atoms with E-state index in [0.29, 0.717) is 11.8 Å². The zero-order chi connectivity index (χ0) is 16.3. The molecule has 0 amide bonds. The Hall–Kier alpha value is -1.77. The van der Waals surface area contributed by atoms with Crippen LogP contribution in [0, 0.1) is 11.6 Å². The zero-order valence-corrected chi connectivity index (χ0v) is 12.9. The number of nitrogens with one attached hydrogen (secondary N) is 1. The fraction of sp³-hybridized carbons (Fsp3) is 0.286. The molecule has 0 fully saturated rings. The van der Waals surface area contributed by atoms with E-state index in [1.54, 1.807) is 31.1 Å². The number of hydrogen-bond donors (Lipinski definition) is 1. The monoisotopic (exact) mass is 330 g/mol. The van der Waals surface area contributed by atoms with E-state index in [9.17, 15) is 17.2 Å². The SMILES string of the molecule is CN(C)C(CNS(=O)(=O)c1cc(F)ccc1F)c1ccco1. The van der Waals surface area contributed by atoms with Crippen LogP contribution in [0.25, 0.3) is 0 Å². The minimum Gasteiger partial charge on any atom is -0.468 e. The largest absolute Gasteiger partial charge is 0.468 e. The third-order valence-electron chi connectivity index (χ3n) is 3.14. The van der Waals surface area contributed by atoms with Crippen LogP contribution in [0.1, 0.15) is 11.8 Å². The first-order valence-corrected chi connectivity index (χ1v) is 7.94. The Balaban J connectivity index is 2.20. The minimum atomic E-state index is -4.17. The van der Waals surface area contributed by atoms with E-state index >= 15 is 0 Å². The molecular formula is C14H16F2N2O3S. The molecule has 0 aliphatic rings. The van der Waals surface area contributed by atoms with Crippen LogP contribution in [0.15, 0.2) is 45.9 Å². The molecule has 0 aliphatic carbocycles. The minimum absolute atomic E-state index is 0.0429. The van der Waals surface area contributed by atoms with Gasteiger partial charge in [0.05, 0.1) is 12.3 Å². The van der Waals surface area contributed by atoms with E-state index in [-0.39, 0.29) is 12.6 Å².